The first-order chi connectivity index (χ1) is 13.6. The lowest BCUT2D eigenvalue weighted by atomic mass is 9.94. The van der Waals surface area contributed by atoms with Crippen molar-refractivity contribution < 1.29 is 9.53 Å². The fourth-order valence-electron chi connectivity index (χ4n) is 3.30. The number of ether oxygens (including phenoxy) is 1. The molecule has 1 N–H and O–H groups in total. The number of hydrogen-bond donors (Lipinski definition) is 1. The lowest BCUT2D eigenvalue weighted by Crippen LogP contribution is -2.36. The van der Waals surface area contributed by atoms with E-state index in [0.29, 0.717) is 12.3 Å². The van der Waals surface area contributed by atoms with Gasteiger partial charge in [-0.1, -0.05) is 13.8 Å². The molecular weight excluding hydrogens is 372 g/mol. The van der Waals surface area contributed by atoms with Gasteiger partial charge in [0.2, 0.25) is 5.91 Å². The number of nitrogens with zero attached hydrogens (tertiary/aromatic N) is 3. The van der Waals surface area contributed by atoms with Crippen LogP contribution in [-0.2, 0) is 9.53 Å². The molecule has 1 amide bonds. The summed E-state index contributed by atoms with van der Waals surface area (Å²) in [5.41, 5.74) is 3.02. The molecule has 0 saturated carbocycles. The Morgan fingerprint density at radius 1 is 1.32 bits per heavy atom. The third-order valence-corrected chi connectivity index (χ3v) is 5.64. The van der Waals surface area contributed by atoms with Gasteiger partial charge < -0.3 is 15.0 Å². The highest BCUT2D eigenvalue weighted by Crippen LogP contribution is 2.31. The molecule has 1 aliphatic heterocycles. The highest BCUT2D eigenvalue weighted by molar-refractivity contribution is 7.13. The number of morpholine rings is 1. The predicted molar refractivity (Wildman–Crippen MR) is 111 cm³/mol. The van der Waals surface area contributed by atoms with Crippen molar-refractivity contribution in [3.05, 3.63) is 35.3 Å². The molecular formula is C21H26N4O2S. The summed E-state index contributed by atoms with van der Waals surface area (Å²) < 4.78 is 5.41. The Morgan fingerprint density at radius 2 is 2.04 bits per heavy atom. The van der Waals surface area contributed by atoms with Gasteiger partial charge in [0.05, 0.1) is 30.9 Å². The van der Waals surface area contributed by atoms with Crippen LogP contribution in [0.4, 0.5) is 5.69 Å². The highest BCUT2D eigenvalue weighted by atomic mass is 32.1. The molecule has 28 heavy (non-hydrogen) atoms. The number of rotatable bonds is 7. The zero-order chi connectivity index (χ0) is 19.9. The van der Waals surface area contributed by atoms with Crippen LogP contribution in [0.15, 0.2) is 29.6 Å². The lowest BCUT2D eigenvalue weighted by molar-refractivity contribution is -0.122. The Morgan fingerprint density at radius 3 is 2.68 bits per heavy atom. The largest absolute Gasteiger partial charge is 0.378 e. The number of amides is 1. The van der Waals surface area contributed by atoms with Crippen molar-refractivity contribution in [1.29, 1.82) is 5.26 Å². The van der Waals surface area contributed by atoms with Gasteiger partial charge in [-0.25, -0.2) is 4.98 Å². The molecule has 1 aromatic carbocycles. The average molecular weight is 399 g/mol. The molecule has 1 aromatic heterocycles. The van der Waals surface area contributed by atoms with Gasteiger partial charge in [-0.15, -0.1) is 11.3 Å². The van der Waals surface area contributed by atoms with Gasteiger partial charge in [0.25, 0.3) is 0 Å². The third-order valence-electron chi connectivity index (χ3n) is 4.73. The van der Waals surface area contributed by atoms with Crippen molar-refractivity contribution in [3.8, 4) is 16.6 Å². The van der Waals surface area contributed by atoms with Crippen molar-refractivity contribution in [1.82, 2.24) is 10.3 Å². The van der Waals surface area contributed by atoms with Crippen LogP contribution in [0.2, 0.25) is 0 Å². The molecule has 1 atom stereocenters. The first-order valence-corrected chi connectivity index (χ1v) is 10.5. The number of nitriles is 1. The number of carbonyl (C=O) groups excluding carboxylic acids is 1. The van der Waals surface area contributed by atoms with Crippen LogP contribution in [0.25, 0.3) is 10.6 Å². The molecule has 2 heterocycles. The number of hydrogen-bond acceptors (Lipinski definition) is 6. The molecule has 7 heteroatoms. The van der Waals surface area contributed by atoms with Gasteiger partial charge in [0.15, 0.2) is 0 Å². The Bertz CT molecular complexity index is 820. The standard InChI is InChI=1S/C21H26N4O2S/c1-15(2)13-18(20(26)23-8-7-22)19-14-28-21(24-19)16-3-5-17(6-4-16)25-9-11-27-12-10-25/h3-6,14-15,18H,8-13H2,1-2H3,(H,23,26). The topological polar surface area (TPSA) is 78.2 Å². The Hall–Kier alpha value is -2.43. The molecule has 0 bridgehead atoms. The van der Waals surface area contributed by atoms with Gasteiger partial charge in [-0.05, 0) is 36.6 Å². The van der Waals surface area contributed by atoms with Gasteiger partial charge in [0, 0.05) is 29.7 Å². The molecule has 0 aliphatic carbocycles. The number of thiazole rings is 1. The van der Waals surface area contributed by atoms with Crippen molar-refractivity contribution in [2.75, 3.05) is 37.7 Å². The molecule has 6 nitrogen and oxygen atoms in total. The van der Waals surface area contributed by atoms with E-state index in [-0.39, 0.29) is 18.4 Å². The molecule has 2 aromatic rings. The van der Waals surface area contributed by atoms with Gasteiger partial charge >= 0.3 is 0 Å². The van der Waals surface area contributed by atoms with Gasteiger partial charge in [-0.2, -0.15) is 5.26 Å². The maximum Gasteiger partial charge on any atom is 0.230 e. The van der Waals surface area contributed by atoms with E-state index in [1.807, 2.05) is 11.4 Å². The smallest absolute Gasteiger partial charge is 0.230 e. The van der Waals surface area contributed by atoms with E-state index in [2.05, 4.69) is 48.3 Å². The van der Waals surface area contributed by atoms with E-state index >= 15 is 0 Å². The second-order valence-electron chi connectivity index (χ2n) is 7.28. The molecule has 1 unspecified atom stereocenters. The van der Waals surface area contributed by atoms with Crippen molar-refractivity contribution in [3.63, 3.8) is 0 Å². The molecule has 1 aliphatic rings. The SMILES string of the molecule is CC(C)CC(C(=O)NCC#N)c1csc(-c2ccc(N3CCOCC3)cc2)n1. The van der Waals surface area contributed by atoms with Gasteiger partial charge in [0.1, 0.15) is 11.6 Å². The predicted octanol–water partition coefficient (Wildman–Crippen LogP) is 3.42. The quantitative estimate of drug-likeness (QED) is 0.723. The summed E-state index contributed by atoms with van der Waals surface area (Å²) in [7, 11) is 0. The Labute approximate surface area is 170 Å². The van der Waals surface area contributed by atoms with E-state index in [4.69, 9.17) is 15.0 Å². The zero-order valence-corrected chi connectivity index (χ0v) is 17.2. The molecule has 148 valence electrons. The Balaban J connectivity index is 1.75. The highest BCUT2D eigenvalue weighted by Gasteiger charge is 2.24. The van der Waals surface area contributed by atoms with E-state index in [0.717, 1.165) is 42.6 Å². The van der Waals surface area contributed by atoms with E-state index in [9.17, 15) is 4.79 Å². The lowest BCUT2D eigenvalue weighted by Gasteiger charge is -2.28. The molecule has 0 radical (unpaired) electrons. The summed E-state index contributed by atoms with van der Waals surface area (Å²) in [4.78, 5) is 19.6. The molecule has 1 saturated heterocycles. The average Bonchev–Trinajstić information content (AvgIpc) is 3.21. The minimum absolute atomic E-state index is 0.0213. The summed E-state index contributed by atoms with van der Waals surface area (Å²) in [5, 5.41) is 14.3. The number of carbonyl (C=O) groups is 1. The normalized spacial score (nSPS) is 15.3. The minimum atomic E-state index is -0.328. The zero-order valence-electron chi connectivity index (χ0n) is 16.4. The third kappa shape index (κ3) is 5.09. The molecule has 0 spiro atoms. The van der Waals surface area contributed by atoms with E-state index < -0.39 is 0 Å². The summed E-state index contributed by atoms with van der Waals surface area (Å²) in [6, 6.07) is 10.4. The van der Waals surface area contributed by atoms with Crippen molar-refractivity contribution in [2.45, 2.75) is 26.2 Å². The van der Waals surface area contributed by atoms with Crippen LogP contribution < -0.4 is 10.2 Å². The van der Waals surface area contributed by atoms with Crippen LogP contribution in [0, 0.1) is 17.2 Å². The second kappa shape index (κ2) is 9.67. The first-order valence-electron chi connectivity index (χ1n) is 9.61. The number of nitrogens with one attached hydrogen (secondary N) is 1. The van der Waals surface area contributed by atoms with Crippen molar-refractivity contribution in [2.24, 2.45) is 5.92 Å². The first kappa shape index (κ1) is 20.3. The van der Waals surface area contributed by atoms with Crippen LogP contribution in [0.5, 0.6) is 0 Å². The maximum atomic E-state index is 12.5. The fraction of sp³-hybridized carbons (Fsp3) is 0.476. The molecule has 1 fully saturated rings. The maximum absolute atomic E-state index is 12.5. The number of aromatic nitrogens is 1. The second-order valence-corrected chi connectivity index (χ2v) is 8.14. The summed E-state index contributed by atoms with van der Waals surface area (Å²) in [5.74, 6) is -0.100. The fourth-order valence-corrected chi connectivity index (χ4v) is 4.18. The van der Waals surface area contributed by atoms with Gasteiger partial charge in [-0.3, -0.25) is 4.79 Å². The van der Waals surface area contributed by atoms with Crippen LogP contribution >= 0.6 is 11.3 Å². The summed E-state index contributed by atoms with van der Waals surface area (Å²) in [6.45, 7) is 7.55. The van der Waals surface area contributed by atoms with Crippen LogP contribution in [-0.4, -0.2) is 43.7 Å². The van der Waals surface area contributed by atoms with E-state index in [1.54, 1.807) is 11.3 Å². The summed E-state index contributed by atoms with van der Waals surface area (Å²) >= 11 is 1.55. The van der Waals surface area contributed by atoms with Crippen LogP contribution in [0.1, 0.15) is 31.9 Å². The van der Waals surface area contributed by atoms with Crippen molar-refractivity contribution >= 4 is 22.9 Å². The number of benzene rings is 1. The molecule has 3 rings (SSSR count). The van der Waals surface area contributed by atoms with E-state index in [1.165, 1.54) is 5.69 Å². The Kier molecular flexibility index (Phi) is 7.01. The monoisotopic (exact) mass is 398 g/mol. The summed E-state index contributed by atoms with van der Waals surface area (Å²) in [6.07, 6.45) is 0.705. The minimum Gasteiger partial charge on any atom is -0.378 e. The van der Waals surface area contributed by atoms with Crippen LogP contribution in [0.3, 0.4) is 0 Å². The number of anilines is 1.